The van der Waals surface area contributed by atoms with Crippen LogP contribution < -0.4 is 16.9 Å². The van der Waals surface area contributed by atoms with Gasteiger partial charge in [0.15, 0.2) is 0 Å². The van der Waals surface area contributed by atoms with Gasteiger partial charge in [-0.2, -0.15) is 0 Å². The average Bonchev–Trinajstić information content (AvgIpc) is 3.48. The maximum absolute atomic E-state index is 13.8. The van der Waals surface area contributed by atoms with Crippen molar-refractivity contribution in [2.24, 2.45) is 0 Å². The first-order chi connectivity index (χ1) is 23.5. The summed E-state index contributed by atoms with van der Waals surface area (Å²) in [5.41, 5.74) is 10.1. The zero-order valence-electron chi connectivity index (χ0n) is 33.0. The number of nitrogen functional groups attached to an aromatic ring is 2. The lowest BCUT2D eigenvalue weighted by atomic mass is 9.49. The van der Waals surface area contributed by atoms with E-state index in [0.717, 1.165) is 12.1 Å². The Hall–Kier alpha value is -3.21. The molecule has 0 spiro atoms. The van der Waals surface area contributed by atoms with Gasteiger partial charge in [0.25, 0.3) is 0 Å². The van der Waals surface area contributed by atoms with Crippen LogP contribution in [0.4, 0.5) is 20.2 Å². The van der Waals surface area contributed by atoms with Crippen molar-refractivity contribution in [3.63, 3.8) is 0 Å². The molecule has 3 fully saturated rings. The highest BCUT2D eigenvalue weighted by molar-refractivity contribution is 7.11. The van der Waals surface area contributed by atoms with Gasteiger partial charge in [-0.05, 0) is 120 Å². The van der Waals surface area contributed by atoms with E-state index in [4.69, 9.17) is 39.4 Å². The van der Waals surface area contributed by atoms with E-state index in [-0.39, 0.29) is 50.4 Å². The SMILES string of the molecule is CC1(C)OB(B2OC(C)(C)C(C)(C)O2)OC1(C)C.COC(=O)c1cc(F)cc(B2OC(C)(C)C(C)(C)O2)c1N.COC(=O)c1cc(F)cc(C)c1N. The van der Waals surface area contributed by atoms with Gasteiger partial charge < -0.3 is 48.9 Å². The first-order valence-corrected chi connectivity index (χ1v) is 16.9. The smallest absolute Gasteiger partial charge is 0.465 e. The van der Waals surface area contributed by atoms with Crippen LogP contribution in [0.1, 0.15) is 109 Å². The third-order valence-corrected chi connectivity index (χ3v) is 10.6. The van der Waals surface area contributed by atoms with Gasteiger partial charge in [0, 0.05) is 16.8 Å². The number of carbonyl (C=O) groups is 2. The number of hydrogen-bond donors (Lipinski definition) is 2. The molecule has 12 nitrogen and oxygen atoms in total. The Bertz CT molecular complexity index is 1590. The van der Waals surface area contributed by atoms with Crippen molar-refractivity contribution >= 4 is 49.9 Å². The minimum Gasteiger partial charge on any atom is -0.465 e. The van der Waals surface area contributed by atoms with Crippen LogP contribution in [-0.4, -0.2) is 80.9 Å². The van der Waals surface area contributed by atoms with E-state index in [1.165, 1.54) is 26.4 Å². The molecule has 3 aliphatic heterocycles. The van der Waals surface area contributed by atoms with Crippen molar-refractivity contribution in [1.29, 1.82) is 0 Å². The number of rotatable bonds is 4. The summed E-state index contributed by atoms with van der Waals surface area (Å²) in [7, 11) is 0.643. The van der Waals surface area contributed by atoms with E-state index in [9.17, 15) is 18.4 Å². The molecule has 52 heavy (non-hydrogen) atoms. The Balaban J connectivity index is 0.000000216. The van der Waals surface area contributed by atoms with E-state index in [0.29, 0.717) is 5.56 Å². The summed E-state index contributed by atoms with van der Waals surface area (Å²) in [6.45, 7) is 25.4. The second-order valence-electron chi connectivity index (χ2n) is 16.0. The van der Waals surface area contributed by atoms with Crippen LogP contribution in [0.25, 0.3) is 0 Å². The standard InChI is InChI=1S/C14H19BFNO4.C12H24B2O4.C9H10FNO2/c1-13(2)14(3,4)21-15(20-13)10-7-8(16)6-9(11(10)17)12(18)19-5;1-9(2)10(3,4)16-13(15-9)14-17-11(5,6)12(7,8)18-14;1-5-3-6(10)4-7(8(5)11)9(12)13-2/h6-7H,17H2,1-5H3;1-8H3;3-4H,11H2,1-2H3. The third-order valence-electron chi connectivity index (χ3n) is 10.6. The van der Waals surface area contributed by atoms with E-state index in [1.807, 2.05) is 83.1 Å². The second-order valence-corrected chi connectivity index (χ2v) is 16.0. The predicted molar refractivity (Wildman–Crippen MR) is 197 cm³/mol. The lowest BCUT2D eigenvalue weighted by Gasteiger charge is -2.32. The summed E-state index contributed by atoms with van der Waals surface area (Å²) in [6, 6.07) is 4.58. The Kier molecular flexibility index (Phi) is 12.4. The molecule has 0 unspecified atom stereocenters. The Morgan fingerprint density at radius 2 is 0.865 bits per heavy atom. The fourth-order valence-electron chi connectivity index (χ4n) is 5.12. The predicted octanol–water partition coefficient (Wildman–Crippen LogP) is 5.25. The van der Waals surface area contributed by atoms with Crippen LogP contribution in [-0.2, 0) is 37.4 Å². The van der Waals surface area contributed by atoms with Crippen molar-refractivity contribution in [2.45, 2.75) is 124 Å². The van der Waals surface area contributed by atoms with Crippen molar-refractivity contribution in [3.8, 4) is 0 Å². The summed E-state index contributed by atoms with van der Waals surface area (Å²) in [5, 5.41) is 0. The van der Waals surface area contributed by atoms with Gasteiger partial charge in [0.1, 0.15) is 11.6 Å². The quantitative estimate of drug-likeness (QED) is 0.239. The molecule has 2 aromatic rings. The first kappa shape index (κ1) is 43.2. The van der Waals surface area contributed by atoms with Gasteiger partial charge in [-0.1, -0.05) is 0 Å². The molecular weight excluding hydrogens is 679 g/mol. The molecular formula is C35H53B3F2N2O10. The van der Waals surface area contributed by atoms with E-state index in [2.05, 4.69) is 9.47 Å². The van der Waals surface area contributed by atoms with Crippen LogP contribution in [0, 0.1) is 18.6 Å². The van der Waals surface area contributed by atoms with Crippen LogP contribution in [0.2, 0.25) is 0 Å². The van der Waals surface area contributed by atoms with Crippen molar-refractivity contribution in [2.75, 3.05) is 25.7 Å². The number of esters is 2. The number of carbonyl (C=O) groups excluding carboxylic acids is 2. The Morgan fingerprint density at radius 3 is 1.21 bits per heavy atom. The molecule has 0 aromatic heterocycles. The summed E-state index contributed by atoms with van der Waals surface area (Å²) < 4.78 is 71.2. The maximum atomic E-state index is 13.8. The molecule has 0 bridgehead atoms. The van der Waals surface area contributed by atoms with E-state index in [1.54, 1.807) is 6.92 Å². The summed E-state index contributed by atoms with van der Waals surface area (Å²) >= 11 is 0. The number of halogens is 2. The summed E-state index contributed by atoms with van der Waals surface area (Å²) in [4.78, 5) is 22.7. The minimum atomic E-state index is -0.839. The van der Waals surface area contributed by atoms with Crippen molar-refractivity contribution < 1.29 is 55.8 Å². The lowest BCUT2D eigenvalue weighted by Crippen LogP contribution is -2.41. The fraction of sp³-hybridized carbons (Fsp3) is 0.600. The minimum absolute atomic E-state index is 0.0396. The lowest BCUT2D eigenvalue weighted by molar-refractivity contribution is 0.00578. The molecule has 5 rings (SSSR count). The number of methoxy groups -OCH3 is 2. The fourth-order valence-corrected chi connectivity index (χ4v) is 5.12. The number of nitrogens with two attached hydrogens (primary N) is 2. The number of aryl methyl sites for hydroxylation is 1. The molecule has 0 aliphatic carbocycles. The monoisotopic (exact) mass is 732 g/mol. The van der Waals surface area contributed by atoms with E-state index < -0.39 is 55.9 Å². The highest BCUT2D eigenvalue weighted by Gasteiger charge is 2.63. The van der Waals surface area contributed by atoms with Gasteiger partial charge in [-0.3, -0.25) is 0 Å². The van der Waals surface area contributed by atoms with Crippen LogP contribution in [0.15, 0.2) is 24.3 Å². The molecule has 2 aromatic carbocycles. The number of benzene rings is 2. The zero-order valence-corrected chi connectivity index (χ0v) is 33.0. The molecule has 3 saturated heterocycles. The summed E-state index contributed by atoms with van der Waals surface area (Å²) in [5.74, 6) is -2.42. The molecule has 0 atom stereocenters. The van der Waals surface area contributed by atoms with Crippen LogP contribution >= 0.6 is 0 Å². The van der Waals surface area contributed by atoms with Crippen LogP contribution in [0.3, 0.4) is 0 Å². The topological polar surface area (TPSA) is 160 Å². The van der Waals surface area contributed by atoms with Gasteiger partial charge in [0.2, 0.25) is 0 Å². The van der Waals surface area contributed by atoms with Crippen LogP contribution in [0.5, 0.6) is 0 Å². The number of ether oxygens (including phenoxy) is 2. The maximum Gasteiger partial charge on any atom is 0.497 e. The number of hydrogen-bond acceptors (Lipinski definition) is 12. The number of anilines is 2. The van der Waals surface area contributed by atoms with Gasteiger partial charge in [-0.15, -0.1) is 0 Å². The molecule has 0 amide bonds. The second kappa shape index (κ2) is 14.9. The normalized spacial score (nSPS) is 21.4. The Labute approximate surface area is 307 Å². The first-order valence-electron chi connectivity index (χ1n) is 16.9. The van der Waals surface area contributed by atoms with Gasteiger partial charge in [-0.25, -0.2) is 18.4 Å². The summed E-state index contributed by atoms with van der Waals surface area (Å²) in [6.07, 6.45) is 0. The van der Waals surface area contributed by atoms with Gasteiger partial charge >= 0.3 is 33.1 Å². The molecule has 0 radical (unpaired) electrons. The highest BCUT2D eigenvalue weighted by Crippen LogP contribution is 2.43. The highest BCUT2D eigenvalue weighted by atomic mass is 19.1. The van der Waals surface area contributed by atoms with Crippen molar-refractivity contribution in [1.82, 2.24) is 0 Å². The van der Waals surface area contributed by atoms with Gasteiger partial charge in [0.05, 0.1) is 59.0 Å². The van der Waals surface area contributed by atoms with E-state index >= 15 is 0 Å². The molecule has 3 aliphatic rings. The average molecular weight is 732 g/mol. The molecule has 17 heteroatoms. The van der Waals surface area contributed by atoms with Crippen molar-refractivity contribution in [3.05, 3.63) is 52.6 Å². The zero-order chi connectivity index (χ0) is 40.0. The molecule has 3 heterocycles. The molecule has 0 saturated carbocycles. The largest absolute Gasteiger partial charge is 0.497 e. The molecule has 4 N–H and O–H groups in total. The molecule has 286 valence electrons. The third kappa shape index (κ3) is 8.77. The Morgan fingerprint density at radius 1 is 0.558 bits per heavy atom.